The van der Waals surface area contributed by atoms with Crippen LogP contribution in [0, 0.1) is 0 Å². The number of carbonyl (C=O) groups is 3. The first-order chi connectivity index (χ1) is 11.5. The number of anilines is 1. The Morgan fingerprint density at radius 3 is 2.25 bits per heavy atom. The highest BCUT2D eigenvalue weighted by molar-refractivity contribution is 5.94. The average Bonchev–Trinajstić information content (AvgIpc) is 2.55. The second kappa shape index (κ2) is 8.44. The van der Waals surface area contributed by atoms with Crippen molar-refractivity contribution in [3.63, 3.8) is 0 Å². The predicted molar refractivity (Wildman–Crippen MR) is 90.3 cm³/mol. The van der Waals surface area contributed by atoms with Crippen molar-refractivity contribution < 1.29 is 19.1 Å². The number of ketones is 1. The minimum Gasteiger partial charge on any atom is -0.450 e. The minimum absolute atomic E-state index is 0.0546. The van der Waals surface area contributed by atoms with E-state index in [1.807, 2.05) is 29.2 Å². The molecule has 0 aliphatic carbocycles. The maximum atomic E-state index is 11.8. The number of ether oxygens (including phenoxy) is 1. The molecule has 0 aromatic heterocycles. The van der Waals surface area contributed by atoms with Crippen LogP contribution in [0.2, 0.25) is 0 Å². The number of carbonyl (C=O) groups excluding carboxylic acids is 3. The Balaban J connectivity index is 1.79. The van der Waals surface area contributed by atoms with E-state index in [2.05, 4.69) is 15.0 Å². The molecule has 1 aliphatic rings. The quantitative estimate of drug-likeness (QED) is 0.818. The van der Waals surface area contributed by atoms with Gasteiger partial charge >= 0.3 is 6.09 Å². The van der Waals surface area contributed by atoms with Gasteiger partial charge < -0.3 is 9.64 Å². The van der Waals surface area contributed by atoms with Gasteiger partial charge in [0.2, 0.25) is 5.91 Å². The lowest BCUT2D eigenvalue weighted by Crippen LogP contribution is -2.50. The SMILES string of the molecule is CCOC(=O)NC(=O)CN1CCN(c2ccc(C(C)=O)cc2)CC1. The third kappa shape index (κ3) is 5.06. The van der Waals surface area contributed by atoms with Crippen LogP contribution in [0.15, 0.2) is 24.3 Å². The molecule has 7 nitrogen and oxygen atoms in total. The third-order valence-electron chi connectivity index (χ3n) is 3.90. The van der Waals surface area contributed by atoms with Crippen molar-refractivity contribution in [2.75, 3.05) is 44.2 Å². The van der Waals surface area contributed by atoms with Gasteiger partial charge in [0.15, 0.2) is 5.78 Å². The first-order valence-electron chi connectivity index (χ1n) is 8.04. The molecule has 0 spiro atoms. The lowest BCUT2D eigenvalue weighted by molar-refractivity contribution is -0.121. The molecule has 7 heteroatoms. The van der Waals surface area contributed by atoms with Crippen molar-refractivity contribution in [1.29, 1.82) is 0 Å². The maximum Gasteiger partial charge on any atom is 0.413 e. The van der Waals surface area contributed by atoms with Crippen LogP contribution in [0.5, 0.6) is 0 Å². The van der Waals surface area contributed by atoms with E-state index in [1.54, 1.807) is 13.8 Å². The number of amides is 2. The number of hydrogen-bond donors (Lipinski definition) is 1. The smallest absolute Gasteiger partial charge is 0.413 e. The van der Waals surface area contributed by atoms with Gasteiger partial charge in [0.1, 0.15) is 0 Å². The normalized spacial score (nSPS) is 15.0. The molecule has 1 saturated heterocycles. The summed E-state index contributed by atoms with van der Waals surface area (Å²) in [6.07, 6.45) is -0.702. The van der Waals surface area contributed by atoms with Crippen LogP contribution >= 0.6 is 0 Å². The van der Waals surface area contributed by atoms with Crippen molar-refractivity contribution in [2.24, 2.45) is 0 Å². The maximum absolute atomic E-state index is 11.8. The average molecular weight is 333 g/mol. The predicted octanol–water partition coefficient (Wildman–Crippen LogP) is 1.28. The van der Waals surface area contributed by atoms with Gasteiger partial charge in [-0.1, -0.05) is 0 Å². The Bertz CT molecular complexity index is 592. The van der Waals surface area contributed by atoms with E-state index in [4.69, 9.17) is 0 Å². The molecule has 2 rings (SSSR count). The standard InChI is InChI=1S/C17H23N3O4/c1-3-24-17(23)18-16(22)12-19-8-10-20(11-9-19)15-6-4-14(5-7-15)13(2)21/h4-7H,3,8-12H2,1-2H3,(H,18,22,23). The lowest BCUT2D eigenvalue weighted by Gasteiger charge is -2.35. The fourth-order valence-electron chi connectivity index (χ4n) is 2.59. The highest BCUT2D eigenvalue weighted by Crippen LogP contribution is 2.17. The molecule has 0 saturated carbocycles. The summed E-state index contributed by atoms with van der Waals surface area (Å²) < 4.78 is 4.68. The molecule has 1 aromatic rings. The topological polar surface area (TPSA) is 79.0 Å². The largest absolute Gasteiger partial charge is 0.450 e. The number of alkyl carbamates (subject to hydrolysis) is 1. The minimum atomic E-state index is -0.702. The van der Waals surface area contributed by atoms with Crippen LogP contribution in [0.4, 0.5) is 10.5 Å². The molecule has 0 bridgehead atoms. The van der Waals surface area contributed by atoms with Gasteiger partial charge in [0.05, 0.1) is 13.2 Å². The van der Waals surface area contributed by atoms with E-state index in [-0.39, 0.29) is 24.8 Å². The van der Waals surface area contributed by atoms with Crippen molar-refractivity contribution in [1.82, 2.24) is 10.2 Å². The van der Waals surface area contributed by atoms with Gasteiger partial charge in [0, 0.05) is 37.4 Å². The van der Waals surface area contributed by atoms with E-state index >= 15 is 0 Å². The number of imide groups is 1. The molecule has 24 heavy (non-hydrogen) atoms. The van der Waals surface area contributed by atoms with Crippen LogP contribution in [0.3, 0.4) is 0 Å². The summed E-state index contributed by atoms with van der Waals surface area (Å²) in [5, 5.41) is 2.20. The lowest BCUT2D eigenvalue weighted by atomic mass is 10.1. The monoisotopic (exact) mass is 333 g/mol. The van der Waals surface area contributed by atoms with Crippen LogP contribution in [0.1, 0.15) is 24.2 Å². The van der Waals surface area contributed by atoms with Gasteiger partial charge in [-0.2, -0.15) is 0 Å². The molecule has 1 fully saturated rings. The summed E-state index contributed by atoms with van der Waals surface area (Å²) in [7, 11) is 0. The number of hydrogen-bond acceptors (Lipinski definition) is 6. The van der Waals surface area contributed by atoms with Gasteiger partial charge in [0.25, 0.3) is 0 Å². The zero-order valence-electron chi connectivity index (χ0n) is 14.1. The van der Waals surface area contributed by atoms with Crippen molar-refractivity contribution >= 4 is 23.5 Å². The highest BCUT2D eigenvalue weighted by atomic mass is 16.5. The molecular weight excluding hydrogens is 310 g/mol. The van der Waals surface area contributed by atoms with Crippen LogP contribution in [-0.4, -0.2) is 62.0 Å². The molecule has 1 N–H and O–H groups in total. The van der Waals surface area contributed by atoms with Crippen molar-refractivity contribution in [3.8, 4) is 0 Å². The first-order valence-corrected chi connectivity index (χ1v) is 8.04. The van der Waals surface area contributed by atoms with E-state index in [0.717, 1.165) is 31.9 Å². The Morgan fingerprint density at radius 2 is 1.71 bits per heavy atom. The third-order valence-corrected chi connectivity index (χ3v) is 3.90. The second-order valence-electron chi connectivity index (χ2n) is 5.63. The second-order valence-corrected chi connectivity index (χ2v) is 5.63. The van der Waals surface area contributed by atoms with Gasteiger partial charge in [-0.15, -0.1) is 0 Å². The molecule has 0 unspecified atom stereocenters. The Kier molecular flexibility index (Phi) is 6.31. The van der Waals surface area contributed by atoms with Crippen molar-refractivity contribution in [3.05, 3.63) is 29.8 Å². The fourth-order valence-corrected chi connectivity index (χ4v) is 2.59. The summed E-state index contributed by atoms with van der Waals surface area (Å²) in [5.41, 5.74) is 1.77. The molecule has 2 amide bonds. The molecule has 130 valence electrons. The molecule has 1 heterocycles. The number of nitrogens with zero attached hydrogens (tertiary/aromatic N) is 2. The number of nitrogens with one attached hydrogen (secondary N) is 1. The zero-order valence-corrected chi connectivity index (χ0v) is 14.1. The number of piperazine rings is 1. The van der Waals surface area contributed by atoms with Crippen LogP contribution in [0.25, 0.3) is 0 Å². The molecule has 0 radical (unpaired) electrons. The summed E-state index contributed by atoms with van der Waals surface area (Å²) in [6.45, 7) is 6.67. The zero-order chi connectivity index (χ0) is 17.5. The summed E-state index contributed by atoms with van der Waals surface area (Å²) in [5.74, 6) is -0.299. The van der Waals surface area contributed by atoms with E-state index in [0.29, 0.717) is 5.56 Å². The number of rotatable bonds is 5. The van der Waals surface area contributed by atoms with Crippen LogP contribution in [-0.2, 0) is 9.53 Å². The van der Waals surface area contributed by atoms with Gasteiger partial charge in [-0.05, 0) is 38.1 Å². The van der Waals surface area contributed by atoms with Crippen LogP contribution < -0.4 is 10.2 Å². The fraction of sp³-hybridized carbons (Fsp3) is 0.471. The molecule has 0 atom stereocenters. The Morgan fingerprint density at radius 1 is 1.08 bits per heavy atom. The summed E-state index contributed by atoms with van der Waals surface area (Å²) in [6, 6.07) is 7.55. The Hall–Kier alpha value is -2.41. The molecular formula is C17H23N3O4. The van der Waals surface area contributed by atoms with E-state index in [9.17, 15) is 14.4 Å². The highest BCUT2D eigenvalue weighted by Gasteiger charge is 2.20. The summed E-state index contributed by atoms with van der Waals surface area (Å²) >= 11 is 0. The molecule has 1 aliphatic heterocycles. The number of benzene rings is 1. The van der Waals surface area contributed by atoms with Crippen molar-refractivity contribution in [2.45, 2.75) is 13.8 Å². The first kappa shape index (κ1) is 17.9. The Labute approximate surface area is 141 Å². The van der Waals surface area contributed by atoms with Gasteiger partial charge in [-0.3, -0.25) is 19.8 Å². The van der Waals surface area contributed by atoms with E-state index in [1.165, 1.54) is 0 Å². The van der Waals surface area contributed by atoms with Gasteiger partial charge in [-0.25, -0.2) is 4.79 Å². The number of Topliss-reactive ketones (excluding diaryl/α,β-unsaturated/α-hetero) is 1. The summed E-state index contributed by atoms with van der Waals surface area (Å²) in [4.78, 5) is 38.5. The molecule has 1 aromatic carbocycles. The van der Waals surface area contributed by atoms with E-state index < -0.39 is 6.09 Å².